The van der Waals surface area contributed by atoms with Crippen LogP contribution in [0.15, 0.2) is 60.1 Å². The molecular formula is C19H14N2O3S. The molecular weight excluding hydrogens is 336 g/mol. The van der Waals surface area contributed by atoms with Crippen LogP contribution in [-0.2, 0) is 16.0 Å². The highest BCUT2D eigenvalue weighted by Crippen LogP contribution is 2.31. The highest BCUT2D eigenvalue weighted by molar-refractivity contribution is 7.14. The van der Waals surface area contributed by atoms with Crippen molar-refractivity contribution in [1.29, 1.82) is 0 Å². The Bertz CT molecular complexity index is 937. The van der Waals surface area contributed by atoms with E-state index in [-0.39, 0.29) is 5.91 Å². The summed E-state index contributed by atoms with van der Waals surface area (Å²) in [5.74, 6) is -0.807. The Balaban J connectivity index is 1.55. The van der Waals surface area contributed by atoms with E-state index in [1.165, 1.54) is 11.3 Å². The smallest absolute Gasteiger partial charge is 0.339 e. The predicted octanol–water partition coefficient (Wildman–Crippen LogP) is 3.53. The van der Waals surface area contributed by atoms with Crippen LogP contribution in [0.2, 0.25) is 0 Å². The van der Waals surface area contributed by atoms with Gasteiger partial charge in [-0.25, -0.2) is 9.78 Å². The number of rotatable bonds is 3. The molecule has 6 heteroatoms. The van der Waals surface area contributed by atoms with Crippen molar-refractivity contribution in [3.05, 3.63) is 71.2 Å². The zero-order chi connectivity index (χ0) is 17.2. The number of cyclic esters (lactones) is 1. The fourth-order valence-electron chi connectivity index (χ4n) is 2.81. The molecule has 1 atom stereocenters. The van der Waals surface area contributed by atoms with E-state index in [0.29, 0.717) is 22.7 Å². The van der Waals surface area contributed by atoms with E-state index in [0.717, 1.165) is 11.1 Å². The molecule has 2 heterocycles. The molecule has 0 saturated heterocycles. The second-order valence-corrected chi connectivity index (χ2v) is 6.50. The summed E-state index contributed by atoms with van der Waals surface area (Å²) in [5, 5.41) is 3.49. The quantitative estimate of drug-likeness (QED) is 0.734. The first kappa shape index (κ1) is 15.5. The zero-order valence-electron chi connectivity index (χ0n) is 13.1. The first-order valence-corrected chi connectivity index (χ1v) is 8.69. The van der Waals surface area contributed by atoms with Gasteiger partial charge in [-0.15, -0.1) is 11.3 Å². The minimum Gasteiger partial charge on any atom is -0.448 e. The van der Waals surface area contributed by atoms with E-state index in [1.807, 2.05) is 42.5 Å². The van der Waals surface area contributed by atoms with E-state index in [4.69, 9.17) is 4.74 Å². The number of fused-ring (bicyclic) bond motifs is 1. The highest BCUT2D eigenvalue weighted by Gasteiger charge is 2.31. The van der Waals surface area contributed by atoms with Crippen LogP contribution >= 0.6 is 11.3 Å². The molecule has 0 saturated carbocycles. The van der Waals surface area contributed by atoms with Crippen LogP contribution in [0.25, 0.3) is 11.3 Å². The van der Waals surface area contributed by atoms with Gasteiger partial charge in [0.05, 0.1) is 11.1 Å². The second-order valence-electron chi connectivity index (χ2n) is 5.64. The van der Waals surface area contributed by atoms with Crippen molar-refractivity contribution in [1.82, 2.24) is 4.98 Å². The topological polar surface area (TPSA) is 68.3 Å². The van der Waals surface area contributed by atoms with Crippen molar-refractivity contribution in [2.75, 3.05) is 5.32 Å². The van der Waals surface area contributed by atoms with Gasteiger partial charge in [0.2, 0.25) is 0 Å². The normalized spacial score (nSPS) is 16.0. The molecule has 1 amide bonds. The molecule has 4 rings (SSSR count). The summed E-state index contributed by atoms with van der Waals surface area (Å²) in [6.45, 7) is 0. The Morgan fingerprint density at radius 1 is 1.12 bits per heavy atom. The van der Waals surface area contributed by atoms with Gasteiger partial charge < -0.3 is 10.1 Å². The number of carbonyl (C=O) groups excluding carboxylic acids is 2. The lowest BCUT2D eigenvalue weighted by molar-refractivity contribution is -0.125. The van der Waals surface area contributed by atoms with Crippen molar-refractivity contribution < 1.29 is 14.3 Å². The Kier molecular flexibility index (Phi) is 4.03. The van der Waals surface area contributed by atoms with Crippen LogP contribution in [0.4, 0.5) is 5.00 Å². The number of anilines is 1. The molecule has 5 nitrogen and oxygen atoms in total. The van der Waals surface area contributed by atoms with E-state index in [9.17, 15) is 9.59 Å². The number of thiazole rings is 1. The summed E-state index contributed by atoms with van der Waals surface area (Å²) in [6, 6.07) is 16.8. The van der Waals surface area contributed by atoms with E-state index in [1.54, 1.807) is 17.6 Å². The molecule has 1 aliphatic rings. The molecule has 2 aromatic carbocycles. The third kappa shape index (κ3) is 3.04. The summed E-state index contributed by atoms with van der Waals surface area (Å²) in [7, 11) is 0. The number of aromatic nitrogens is 1. The average molecular weight is 350 g/mol. The van der Waals surface area contributed by atoms with Gasteiger partial charge in [-0.3, -0.25) is 4.79 Å². The zero-order valence-corrected chi connectivity index (χ0v) is 14.0. The molecule has 124 valence electrons. The van der Waals surface area contributed by atoms with Crippen LogP contribution in [0.3, 0.4) is 0 Å². The molecule has 1 aliphatic heterocycles. The number of nitrogens with one attached hydrogen (secondary N) is 1. The number of benzene rings is 2. The van der Waals surface area contributed by atoms with Crippen LogP contribution in [0, 0.1) is 0 Å². The Morgan fingerprint density at radius 2 is 1.88 bits per heavy atom. The predicted molar refractivity (Wildman–Crippen MR) is 95.5 cm³/mol. The maximum atomic E-state index is 12.6. The number of hydrogen-bond acceptors (Lipinski definition) is 5. The summed E-state index contributed by atoms with van der Waals surface area (Å²) in [5.41, 5.74) is 4.66. The lowest BCUT2D eigenvalue weighted by atomic mass is 9.98. The summed E-state index contributed by atoms with van der Waals surface area (Å²) in [4.78, 5) is 29.0. The average Bonchev–Trinajstić information content (AvgIpc) is 3.10. The van der Waals surface area contributed by atoms with Crippen LogP contribution in [-0.4, -0.2) is 23.0 Å². The Morgan fingerprint density at radius 3 is 2.72 bits per heavy atom. The molecule has 1 aromatic heterocycles. The number of ether oxygens (including phenoxy) is 1. The van der Waals surface area contributed by atoms with Crippen molar-refractivity contribution in [3.8, 4) is 11.3 Å². The highest BCUT2D eigenvalue weighted by atomic mass is 32.1. The fourth-order valence-corrected chi connectivity index (χ4v) is 3.51. The molecule has 0 aliphatic carbocycles. The van der Waals surface area contributed by atoms with Gasteiger partial charge in [0, 0.05) is 12.0 Å². The molecule has 0 bridgehead atoms. The lowest BCUT2D eigenvalue weighted by Crippen LogP contribution is -2.37. The van der Waals surface area contributed by atoms with E-state index < -0.39 is 12.1 Å². The number of nitrogens with zero attached hydrogens (tertiary/aromatic N) is 1. The third-order valence-corrected chi connectivity index (χ3v) is 4.78. The van der Waals surface area contributed by atoms with Gasteiger partial charge >= 0.3 is 5.97 Å². The largest absolute Gasteiger partial charge is 0.448 e. The van der Waals surface area contributed by atoms with Gasteiger partial charge in [-0.05, 0) is 11.6 Å². The number of amides is 1. The molecule has 1 N–H and O–H groups in total. The lowest BCUT2D eigenvalue weighted by Gasteiger charge is -2.23. The first-order valence-electron chi connectivity index (χ1n) is 7.81. The van der Waals surface area contributed by atoms with E-state index in [2.05, 4.69) is 10.3 Å². The number of esters is 1. The van der Waals surface area contributed by atoms with Gasteiger partial charge in [0.15, 0.2) is 6.10 Å². The van der Waals surface area contributed by atoms with Crippen molar-refractivity contribution in [3.63, 3.8) is 0 Å². The number of hydrogen-bond donors (Lipinski definition) is 1. The number of carbonyl (C=O) groups is 2. The maximum Gasteiger partial charge on any atom is 0.339 e. The maximum absolute atomic E-state index is 12.6. The first-order chi connectivity index (χ1) is 12.2. The van der Waals surface area contributed by atoms with Gasteiger partial charge in [0.1, 0.15) is 10.7 Å². The monoisotopic (exact) mass is 350 g/mol. The standard InChI is InChI=1S/C19H14N2O3S/c22-17(15-10-13-8-4-5-9-14(13)19(23)24-15)21-18-16(20-11-25-18)12-6-2-1-3-7-12/h1-9,11,15H,10H2,(H,21,22)/t15-/m0/s1. The van der Waals surface area contributed by atoms with Gasteiger partial charge in [-0.1, -0.05) is 48.5 Å². The SMILES string of the molecule is O=C1O[C@H](C(=O)Nc2scnc2-c2ccccc2)Cc2ccccc21. The molecule has 3 aromatic rings. The van der Waals surface area contributed by atoms with E-state index >= 15 is 0 Å². The van der Waals surface area contributed by atoms with Crippen LogP contribution in [0.5, 0.6) is 0 Å². The van der Waals surface area contributed by atoms with Crippen LogP contribution in [0.1, 0.15) is 15.9 Å². The fraction of sp³-hybridized carbons (Fsp3) is 0.105. The Hall–Kier alpha value is -2.99. The summed E-state index contributed by atoms with van der Waals surface area (Å²) >= 11 is 1.34. The molecule has 25 heavy (non-hydrogen) atoms. The minimum atomic E-state index is -0.840. The Labute approximate surface area is 148 Å². The molecule has 0 unspecified atom stereocenters. The third-order valence-electron chi connectivity index (χ3n) is 4.04. The van der Waals surface area contributed by atoms with Gasteiger partial charge in [-0.2, -0.15) is 0 Å². The summed E-state index contributed by atoms with van der Waals surface area (Å²) < 4.78 is 5.30. The second kappa shape index (κ2) is 6.49. The molecule has 0 fully saturated rings. The van der Waals surface area contributed by atoms with Crippen molar-refractivity contribution in [2.45, 2.75) is 12.5 Å². The molecule has 0 radical (unpaired) electrons. The van der Waals surface area contributed by atoms with Gasteiger partial charge in [0.25, 0.3) is 5.91 Å². The van der Waals surface area contributed by atoms with Crippen LogP contribution < -0.4 is 5.32 Å². The molecule has 0 spiro atoms. The van der Waals surface area contributed by atoms with Crippen molar-refractivity contribution >= 4 is 28.2 Å². The summed E-state index contributed by atoms with van der Waals surface area (Å²) in [6.07, 6.45) is -0.471. The minimum absolute atomic E-state index is 0.343. The van der Waals surface area contributed by atoms with Crippen molar-refractivity contribution in [2.24, 2.45) is 0 Å².